The summed E-state index contributed by atoms with van der Waals surface area (Å²) in [5.41, 5.74) is 6.26. The molecule has 7 N–H and O–H groups in total. The molecule has 1 aliphatic rings. The SMILES string of the molecule is CNN/C(=C\C(=N)c1ccccc1O)NCC1CCCN(S(N)(=O)=O)C1. The Hall–Kier alpha value is -2.14. The zero-order valence-electron chi connectivity index (χ0n) is 14.7. The van der Waals surface area contributed by atoms with Gasteiger partial charge in [0, 0.05) is 38.3 Å². The van der Waals surface area contributed by atoms with Crippen LogP contribution in [0, 0.1) is 11.3 Å². The van der Waals surface area contributed by atoms with Gasteiger partial charge in [0.05, 0.1) is 5.71 Å². The maximum absolute atomic E-state index is 11.5. The minimum absolute atomic E-state index is 0.0358. The van der Waals surface area contributed by atoms with Gasteiger partial charge < -0.3 is 15.8 Å². The number of hydrogen-bond acceptors (Lipinski definition) is 7. The minimum atomic E-state index is -3.67. The zero-order valence-corrected chi connectivity index (χ0v) is 15.5. The van der Waals surface area contributed by atoms with Crippen molar-refractivity contribution in [1.82, 2.24) is 20.5 Å². The van der Waals surface area contributed by atoms with Crippen molar-refractivity contribution in [2.75, 3.05) is 26.7 Å². The van der Waals surface area contributed by atoms with Crippen LogP contribution < -0.4 is 21.3 Å². The Bertz CT molecular complexity index is 765. The third kappa shape index (κ3) is 5.70. The summed E-state index contributed by atoms with van der Waals surface area (Å²) in [6.07, 6.45) is 3.21. The first-order chi connectivity index (χ1) is 12.3. The predicted molar refractivity (Wildman–Crippen MR) is 101 cm³/mol. The Morgan fingerprint density at radius 3 is 2.85 bits per heavy atom. The second-order valence-electron chi connectivity index (χ2n) is 6.16. The highest BCUT2D eigenvalue weighted by molar-refractivity contribution is 7.86. The van der Waals surface area contributed by atoms with E-state index in [9.17, 15) is 13.5 Å². The topological polar surface area (TPSA) is 144 Å². The van der Waals surface area contributed by atoms with Gasteiger partial charge in [-0.05, 0) is 30.9 Å². The molecule has 10 heteroatoms. The Morgan fingerprint density at radius 2 is 2.19 bits per heavy atom. The van der Waals surface area contributed by atoms with Gasteiger partial charge in [0.15, 0.2) is 0 Å². The lowest BCUT2D eigenvalue weighted by molar-refractivity contribution is 0.263. The van der Waals surface area contributed by atoms with E-state index in [1.165, 1.54) is 10.4 Å². The molecule has 0 saturated carbocycles. The molecule has 1 unspecified atom stereocenters. The van der Waals surface area contributed by atoms with Crippen molar-refractivity contribution in [3.63, 3.8) is 0 Å². The van der Waals surface area contributed by atoms with E-state index >= 15 is 0 Å². The van der Waals surface area contributed by atoms with Crippen molar-refractivity contribution >= 4 is 15.9 Å². The standard InChI is InChI=1S/C16H26N6O3S/c1-19-21-16(9-14(17)13-6-2-3-7-15(13)23)20-10-12-5-4-8-22(11-12)26(18,24)25/h2-3,6-7,9,12,17,19-21,23H,4-5,8,10-11H2,1H3,(H2,18,24,25)/b16-9-,17-14?. The van der Waals surface area contributed by atoms with Crippen LogP contribution in [0.4, 0.5) is 0 Å². The molecule has 0 aliphatic carbocycles. The summed E-state index contributed by atoms with van der Waals surface area (Å²) in [6.45, 7) is 1.35. The predicted octanol–water partition coefficient (Wildman–Crippen LogP) is -0.169. The maximum atomic E-state index is 11.5. The van der Waals surface area contributed by atoms with Crippen LogP contribution in [0.2, 0.25) is 0 Å². The molecule has 0 aromatic heterocycles. The molecular formula is C16H26N6O3S. The molecule has 0 amide bonds. The Balaban J connectivity index is 2.02. The van der Waals surface area contributed by atoms with E-state index in [0.29, 0.717) is 31.0 Å². The highest BCUT2D eigenvalue weighted by atomic mass is 32.2. The van der Waals surface area contributed by atoms with Crippen LogP contribution in [0.3, 0.4) is 0 Å². The number of phenols is 1. The second kappa shape index (κ2) is 8.99. The lowest BCUT2D eigenvalue weighted by Crippen LogP contribution is -2.46. The number of rotatable bonds is 8. The van der Waals surface area contributed by atoms with Crippen LogP contribution in [0.1, 0.15) is 18.4 Å². The fourth-order valence-electron chi connectivity index (χ4n) is 2.87. The molecule has 1 saturated heterocycles. The molecule has 26 heavy (non-hydrogen) atoms. The molecule has 144 valence electrons. The van der Waals surface area contributed by atoms with Gasteiger partial charge in [0.1, 0.15) is 11.6 Å². The number of nitrogens with zero attached hydrogens (tertiary/aromatic N) is 1. The van der Waals surface area contributed by atoms with Gasteiger partial charge in [-0.2, -0.15) is 12.7 Å². The lowest BCUT2D eigenvalue weighted by atomic mass is 10.00. The first-order valence-electron chi connectivity index (χ1n) is 8.34. The molecule has 1 aromatic carbocycles. The number of para-hydroxylation sites is 1. The highest BCUT2D eigenvalue weighted by Crippen LogP contribution is 2.18. The van der Waals surface area contributed by atoms with E-state index in [2.05, 4.69) is 16.2 Å². The van der Waals surface area contributed by atoms with E-state index in [1.54, 1.807) is 31.3 Å². The van der Waals surface area contributed by atoms with E-state index in [0.717, 1.165) is 12.8 Å². The average Bonchev–Trinajstić information content (AvgIpc) is 2.59. The number of nitrogens with one attached hydrogen (secondary N) is 4. The average molecular weight is 382 g/mol. The molecule has 0 radical (unpaired) electrons. The summed E-state index contributed by atoms with van der Waals surface area (Å²) in [5, 5.41) is 26.4. The second-order valence-corrected chi connectivity index (χ2v) is 7.70. The summed E-state index contributed by atoms with van der Waals surface area (Å²) in [7, 11) is -1.97. The Morgan fingerprint density at radius 1 is 1.46 bits per heavy atom. The van der Waals surface area contributed by atoms with E-state index in [4.69, 9.17) is 10.5 Å². The largest absolute Gasteiger partial charge is 0.507 e. The van der Waals surface area contributed by atoms with Gasteiger partial charge in [-0.15, -0.1) is 0 Å². The number of hydrazine groups is 1. The van der Waals surface area contributed by atoms with Crippen molar-refractivity contribution in [1.29, 1.82) is 5.41 Å². The van der Waals surface area contributed by atoms with Gasteiger partial charge in [-0.1, -0.05) is 12.1 Å². The number of allylic oxidation sites excluding steroid dienone is 1. The number of piperidine rings is 1. The third-order valence-corrected chi connectivity index (χ3v) is 5.22. The van der Waals surface area contributed by atoms with Crippen molar-refractivity contribution < 1.29 is 13.5 Å². The van der Waals surface area contributed by atoms with E-state index in [-0.39, 0.29) is 17.4 Å². The number of phenolic OH excluding ortho intramolecular Hbond substituents is 1. The van der Waals surface area contributed by atoms with Gasteiger partial charge in [0.2, 0.25) is 0 Å². The number of hydrogen-bond donors (Lipinski definition) is 6. The quantitative estimate of drug-likeness (QED) is 0.272. The number of nitrogens with two attached hydrogens (primary N) is 1. The summed E-state index contributed by atoms with van der Waals surface area (Å²) in [5.74, 6) is 0.700. The molecule has 1 aliphatic heterocycles. The van der Waals surface area contributed by atoms with Crippen LogP contribution >= 0.6 is 0 Å². The molecule has 9 nitrogen and oxygen atoms in total. The monoisotopic (exact) mass is 382 g/mol. The van der Waals surface area contributed by atoms with Gasteiger partial charge in [0.25, 0.3) is 10.2 Å². The first-order valence-corrected chi connectivity index (χ1v) is 9.84. The smallest absolute Gasteiger partial charge is 0.276 e. The molecule has 0 spiro atoms. The summed E-state index contributed by atoms with van der Waals surface area (Å²) in [4.78, 5) is 0. The maximum Gasteiger partial charge on any atom is 0.276 e. The van der Waals surface area contributed by atoms with Gasteiger partial charge in [-0.3, -0.25) is 5.41 Å². The molecule has 1 heterocycles. The molecule has 2 rings (SSSR count). The van der Waals surface area contributed by atoms with Gasteiger partial charge in [-0.25, -0.2) is 10.6 Å². The Kier molecular flexibility index (Phi) is 6.98. The van der Waals surface area contributed by atoms with E-state index in [1.807, 2.05) is 0 Å². The number of aromatic hydroxyl groups is 1. The van der Waals surface area contributed by atoms with Crippen LogP contribution in [0.5, 0.6) is 5.75 Å². The zero-order chi connectivity index (χ0) is 19.2. The normalized spacial score (nSPS) is 19.2. The van der Waals surface area contributed by atoms with Gasteiger partial charge >= 0.3 is 0 Å². The van der Waals surface area contributed by atoms with Crippen LogP contribution in [-0.2, 0) is 10.2 Å². The summed E-state index contributed by atoms with van der Waals surface area (Å²) in [6, 6.07) is 6.64. The van der Waals surface area contributed by atoms with E-state index < -0.39 is 10.2 Å². The van der Waals surface area contributed by atoms with Crippen LogP contribution in [0.25, 0.3) is 0 Å². The van der Waals surface area contributed by atoms with Crippen LogP contribution in [-0.4, -0.2) is 50.2 Å². The molecule has 0 bridgehead atoms. The minimum Gasteiger partial charge on any atom is -0.507 e. The summed E-state index contributed by atoms with van der Waals surface area (Å²) >= 11 is 0. The fourth-order valence-corrected chi connectivity index (χ4v) is 3.67. The fraction of sp³-hybridized carbons (Fsp3) is 0.438. The van der Waals surface area contributed by atoms with Crippen molar-refractivity contribution in [3.8, 4) is 5.75 Å². The highest BCUT2D eigenvalue weighted by Gasteiger charge is 2.26. The van der Waals surface area contributed by atoms with Crippen LogP contribution in [0.15, 0.2) is 36.2 Å². The number of benzene rings is 1. The first kappa shape index (κ1) is 20.2. The molecule has 1 atom stereocenters. The molecular weight excluding hydrogens is 356 g/mol. The van der Waals surface area contributed by atoms with Crippen molar-refractivity contribution in [2.45, 2.75) is 12.8 Å². The van der Waals surface area contributed by atoms with Crippen molar-refractivity contribution in [2.24, 2.45) is 11.1 Å². The molecule has 1 aromatic rings. The molecule has 1 fully saturated rings. The lowest BCUT2D eigenvalue weighted by Gasteiger charge is -2.31. The van der Waals surface area contributed by atoms with Crippen molar-refractivity contribution in [3.05, 3.63) is 41.7 Å². The third-order valence-electron chi connectivity index (χ3n) is 4.17. The summed E-state index contributed by atoms with van der Waals surface area (Å²) < 4.78 is 24.3. The Labute approximate surface area is 153 Å².